The highest BCUT2D eigenvalue weighted by Crippen LogP contribution is 2.34. The third-order valence-corrected chi connectivity index (χ3v) is 7.21. The molecule has 1 atom stereocenters. The van der Waals surface area contributed by atoms with E-state index in [0.717, 1.165) is 30.6 Å². The smallest absolute Gasteiger partial charge is 0.256 e. The lowest BCUT2D eigenvalue weighted by Crippen LogP contribution is -2.49. The molecule has 1 saturated heterocycles. The topological polar surface area (TPSA) is 102 Å². The van der Waals surface area contributed by atoms with E-state index in [1.54, 1.807) is 11.4 Å². The zero-order valence-electron chi connectivity index (χ0n) is 13.2. The molecule has 0 saturated carbocycles. The van der Waals surface area contributed by atoms with Crippen LogP contribution in [-0.2, 0) is 14.8 Å². The van der Waals surface area contributed by atoms with E-state index in [4.69, 9.17) is 10.5 Å². The maximum Gasteiger partial charge on any atom is 0.256 e. The van der Waals surface area contributed by atoms with E-state index in [-0.39, 0.29) is 29.1 Å². The molecule has 1 unspecified atom stereocenters. The van der Waals surface area contributed by atoms with Crippen LogP contribution in [0.5, 0.6) is 5.75 Å². The van der Waals surface area contributed by atoms with E-state index in [2.05, 4.69) is 5.32 Å². The summed E-state index contributed by atoms with van der Waals surface area (Å²) in [6, 6.07) is 1.42. The van der Waals surface area contributed by atoms with Crippen molar-refractivity contribution in [3.05, 3.63) is 11.4 Å². The maximum atomic E-state index is 12.9. The van der Waals surface area contributed by atoms with E-state index < -0.39 is 10.0 Å². The highest BCUT2D eigenvalue weighted by atomic mass is 32.2. The Labute approximate surface area is 140 Å². The Hall–Kier alpha value is -1.16. The van der Waals surface area contributed by atoms with Crippen molar-refractivity contribution in [2.45, 2.75) is 35.9 Å². The Morgan fingerprint density at radius 2 is 2.30 bits per heavy atom. The number of methoxy groups -OCH3 is 1. The van der Waals surface area contributed by atoms with Gasteiger partial charge in [0.25, 0.3) is 10.0 Å². The Kier molecular flexibility index (Phi) is 6.40. The third kappa shape index (κ3) is 4.23. The number of rotatable bonds is 7. The minimum absolute atomic E-state index is 0.149. The van der Waals surface area contributed by atoms with Crippen LogP contribution >= 0.6 is 11.3 Å². The average Bonchev–Trinajstić information content (AvgIpc) is 3.03. The summed E-state index contributed by atoms with van der Waals surface area (Å²) in [5.74, 6) is 0.218. The second-order valence-corrected chi connectivity index (χ2v) is 8.39. The largest absolute Gasteiger partial charge is 0.494 e. The fourth-order valence-corrected chi connectivity index (χ4v) is 5.76. The Bertz CT molecular complexity index is 630. The van der Waals surface area contributed by atoms with Crippen LogP contribution in [0.1, 0.15) is 25.7 Å². The summed E-state index contributed by atoms with van der Waals surface area (Å²) >= 11 is 1.15. The van der Waals surface area contributed by atoms with E-state index in [0.29, 0.717) is 18.8 Å². The number of ether oxygens (including phenoxy) is 1. The van der Waals surface area contributed by atoms with Crippen molar-refractivity contribution >= 4 is 27.3 Å². The minimum atomic E-state index is -3.62. The van der Waals surface area contributed by atoms with Crippen LogP contribution in [-0.4, -0.2) is 51.4 Å². The van der Waals surface area contributed by atoms with Crippen LogP contribution in [0.15, 0.2) is 15.7 Å². The summed E-state index contributed by atoms with van der Waals surface area (Å²) in [7, 11) is -2.16. The first-order valence-electron chi connectivity index (χ1n) is 7.60. The SMILES string of the molecule is COc1ccsc1S(=O)(=O)N1CCCCC1CNC(=O)CCN. The second kappa shape index (κ2) is 8.09. The molecule has 0 aromatic carbocycles. The molecule has 0 radical (unpaired) electrons. The monoisotopic (exact) mass is 361 g/mol. The molecule has 1 aliphatic rings. The van der Waals surface area contributed by atoms with Gasteiger partial charge in [0, 0.05) is 32.1 Å². The fraction of sp³-hybridized carbons (Fsp3) is 0.643. The van der Waals surface area contributed by atoms with Gasteiger partial charge < -0.3 is 15.8 Å². The van der Waals surface area contributed by atoms with Crippen molar-refractivity contribution in [1.29, 1.82) is 0 Å². The number of thiophene rings is 1. The summed E-state index contributed by atoms with van der Waals surface area (Å²) in [5, 5.41) is 4.48. The Balaban J connectivity index is 2.15. The standard InChI is InChI=1S/C14H23N3O4S2/c1-21-12-6-9-22-14(12)23(19,20)17-8-3-2-4-11(17)10-16-13(18)5-7-15/h6,9,11H,2-5,7-8,10,15H2,1H3,(H,16,18). The second-order valence-electron chi connectivity index (χ2n) is 5.38. The van der Waals surface area contributed by atoms with Crippen molar-refractivity contribution < 1.29 is 17.9 Å². The van der Waals surface area contributed by atoms with Gasteiger partial charge in [-0.25, -0.2) is 8.42 Å². The third-order valence-electron chi connectivity index (χ3n) is 3.84. The minimum Gasteiger partial charge on any atom is -0.494 e. The van der Waals surface area contributed by atoms with Crippen molar-refractivity contribution in [2.24, 2.45) is 5.73 Å². The van der Waals surface area contributed by atoms with Crippen molar-refractivity contribution in [2.75, 3.05) is 26.7 Å². The summed E-state index contributed by atoms with van der Waals surface area (Å²) < 4.78 is 32.7. The molecule has 2 rings (SSSR count). The Morgan fingerprint density at radius 3 is 3.00 bits per heavy atom. The number of nitrogens with two attached hydrogens (primary N) is 1. The number of amides is 1. The molecule has 1 amide bonds. The van der Waals surface area contributed by atoms with E-state index in [1.165, 1.54) is 11.4 Å². The molecule has 2 heterocycles. The molecular weight excluding hydrogens is 338 g/mol. The van der Waals surface area contributed by atoms with Crippen LogP contribution < -0.4 is 15.8 Å². The van der Waals surface area contributed by atoms with Crippen molar-refractivity contribution in [3.63, 3.8) is 0 Å². The van der Waals surface area contributed by atoms with Gasteiger partial charge in [0.05, 0.1) is 7.11 Å². The maximum absolute atomic E-state index is 12.9. The highest BCUT2D eigenvalue weighted by Gasteiger charge is 2.36. The number of carbonyl (C=O) groups is 1. The summed E-state index contributed by atoms with van der Waals surface area (Å²) in [6.45, 7) is 1.05. The number of carbonyl (C=O) groups excluding carboxylic acids is 1. The normalized spacial score (nSPS) is 19.5. The molecule has 1 aliphatic heterocycles. The molecule has 0 aliphatic carbocycles. The Morgan fingerprint density at radius 1 is 1.52 bits per heavy atom. The zero-order valence-corrected chi connectivity index (χ0v) is 14.8. The van der Waals surface area contributed by atoms with Gasteiger partial charge in [0.1, 0.15) is 5.75 Å². The van der Waals surface area contributed by atoms with Crippen LogP contribution in [0.4, 0.5) is 0 Å². The molecular formula is C14H23N3O4S2. The average molecular weight is 361 g/mol. The summed E-state index contributed by atoms with van der Waals surface area (Å²) in [5.41, 5.74) is 5.35. The van der Waals surface area contributed by atoms with Crippen molar-refractivity contribution in [3.8, 4) is 5.75 Å². The van der Waals surface area contributed by atoms with Crippen LogP contribution in [0.2, 0.25) is 0 Å². The lowest BCUT2D eigenvalue weighted by Gasteiger charge is -2.34. The first-order chi connectivity index (χ1) is 11.0. The number of hydrogen-bond acceptors (Lipinski definition) is 6. The van der Waals surface area contributed by atoms with Gasteiger partial charge >= 0.3 is 0 Å². The summed E-state index contributed by atoms with van der Waals surface area (Å²) in [6.07, 6.45) is 2.75. The van der Waals surface area contributed by atoms with Gasteiger partial charge in [-0.1, -0.05) is 6.42 Å². The van der Waals surface area contributed by atoms with Gasteiger partial charge in [-0.3, -0.25) is 4.79 Å². The number of nitrogens with zero attached hydrogens (tertiary/aromatic N) is 1. The number of nitrogens with one attached hydrogen (secondary N) is 1. The lowest BCUT2D eigenvalue weighted by atomic mass is 10.1. The van der Waals surface area contributed by atoms with Crippen LogP contribution in [0, 0.1) is 0 Å². The van der Waals surface area contributed by atoms with E-state index >= 15 is 0 Å². The zero-order chi connectivity index (χ0) is 16.9. The molecule has 0 bridgehead atoms. The van der Waals surface area contributed by atoms with Gasteiger partial charge in [-0.15, -0.1) is 11.3 Å². The van der Waals surface area contributed by atoms with Crippen molar-refractivity contribution in [1.82, 2.24) is 9.62 Å². The first-order valence-corrected chi connectivity index (χ1v) is 9.92. The first kappa shape index (κ1) is 18.2. The fourth-order valence-electron chi connectivity index (χ4n) is 2.68. The molecule has 3 N–H and O–H groups in total. The van der Waals surface area contributed by atoms with Gasteiger partial charge in [0.15, 0.2) is 4.21 Å². The molecule has 1 aromatic rings. The van der Waals surface area contributed by atoms with E-state index in [9.17, 15) is 13.2 Å². The van der Waals surface area contributed by atoms with Crippen LogP contribution in [0.3, 0.4) is 0 Å². The number of sulfonamides is 1. The lowest BCUT2D eigenvalue weighted by molar-refractivity contribution is -0.121. The molecule has 1 fully saturated rings. The molecule has 1 aromatic heterocycles. The van der Waals surface area contributed by atoms with Gasteiger partial charge in [-0.05, 0) is 24.3 Å². The molecule has 7 nitrogen and oxygen atoms in total. The predicted octanol–water partition coefficient (Wildman–Crippen LogP) is 0.765. The van der Waals surface area contributed by atoms with Gasteiger partial charge in [-0.2, -0.15) is 4.31 Å². The van der Waals surface area contributed by atoms with Gasteiger partial charge in [0.2, 0.25) is 5.91 Å². The quantitative estimate of drug-likeness (QED) is 0.747. The number of piperidine rings is 1. The predicted molar refractivity (Wildman–Crippen MR) is 89.1 cm³/mol. The number of hydrogen-bond donors (Lipinski definition) is 2. The molecule has 130 valence electrons. The molecule has 23 heavy (non-hydrogen) atoms. The molecule has 9 heteroatoms. The molecule has 0 spiro atoms. The highest BCUT2D eigenvalue weighted by molar-refractivity contribution is 7.91. The summed E-state index contributed by atoms with van der Waals surface area (Å²) in [4.78, 5) is 11.6. The van der Waals surface area contributed by atoms with E-state index in [1.807, 2.05) is 0 Å². The van der Waals surface area contributed by atoms with Crippen LogP contribution in [0.25, 0.3) is 0 Å².